The van der Waals surface area contributed by atoms with Crippen LogP contribution in [0.2, 0.25) is 0 Å². The molecule has 1 unspecified atom stereocenters. The fourth-order valence-electron chi connectivity index (χ4n) is 2.56. The van der Waals surface area contributed by atoms with Crippen LogP contribution >= 0.6 is 0 Å². The highest BCUT2D eigenvalue weighted by atomic mass is 16.5. The standard InChI is InChI=1S/C13H16N4O/c1-17-5-3-10(6-17)11-2-4-15-12(16-11)13(7-14)8-18-9-13/h2,4,10H,3,5-6,8-9H2,1H3. The summed E-state index contributed by atoms with van der Waals surface area (Å²) in [6.07, 6.45) is 2.90. The third-order valence-electron chi connectivity index (χ3n) is 3.83. The van der Waals surface area contributed by atoms with E-state index in [1.807, 2.05) is 6.07 Å². The van der Waals surface area contributed by atoms with Crippen LogP contribution in [-0.2, 0) is 10.2 Å². The molecule has 1 atom stereocenters. The Bertz CT molecular complexity index is 492. The van der Waals surface area contributed by atoms with Gasteiger partial charge in [-0.25, -0.2) is 9.97 Å². The topological polar surface area (TPSA) is 62.0 Å². The smallest absolute Gasteiger partial charge is 0.163 e. The van der Waals surface area contributed by atoms with Gasteiger partial charge in [-0.2, -0.15) is 5.26 Å². The maximum absolute atomic E-state index is 9.27. The molecule has 5 nitrogen and oxygen atoms in total. The molecule has 5 heteroatoms. The molecular weight excluding hydrogens is 228 g/mol. The van der Waals surface area contributed by atoms with Crippen LogP contribution in [0, 0.1) is 11.3 Å². The zero-order valence-corrected chi connectivity index (χ0v) is 10.5. The van der Waals surface area contributed by atoms with E-state index in [2.05, 4.69) is 28.0 Å². The fourth-order valence-corrected chi connectivity index (χ4v) is 2.56. The van der Waals surface area contributed by atoms with Crippen LogP contribution < -0.4 is 0 Å². The van der Waals surface area contributed by atoms with E-state index < -0.39 is 5.41 Å². The van der Waals surface area contributed by atoms with Gasteiger partial charge in [-0.1, -0.05) is 0 Å². The molecule has 0 bridgehead atoms. The molecule has 94 valence electrons. The average molecular weight is 244 g/mol. The predicted octanol–water partition coefficient (Wildman–Crippen LogP) is 0.687. The Balaban J connectivity index is 1.88. The number of nitriles is 1. The predicted molar refractivity (Wildman–Crippen MR) is 65.0 cm³/mol. The number of likely N-dealkylation sites (tertiary alicyclic amines) is 1. The molecule has 2 fully saturated rings. The van der Waals surface area contributed by atoms with Crippen LogP contribution in [0.25, 0.3) is 0 Å². The number of rotatable bonds is 2. The van der Waals surface area contributed by atoms with Gasteiger partial charge < -0.3 is 9.64 Å². The maximum Gasteiger partial charge on any atom is 0.163 e. The highest BCUT2D eigenvalue weighted by Gasteiger charge is 2.44. The first-order valence-electron chi connectivity index (χ1n) is 6.24. The first-order chi connectivity index (χ1) is 8.73. The van der Waals surface area contributed by atoms with Crippen LogP contribution in [0.5, 0.6) is 0 Å². The van der Waals surface area contributed by atoms with Crippen LogP contribution in [0.15, 0.2) is 12.3 Å². The number of hydrogen-bond acceptors (Lipinski definition) is 5. The lowest BCUT2D eigenvalue weighted by atomic mass is 9.86. The summed E-state index contributed by atoms with van der Waals surface area (Å²) in [5, 5.41) is 9.27. The van der Waals surface area contributed by atoms with E-state index in [1.54, 1.807) is 6.20 Å². The first kappa shape index (κ1) is 11.6. The molecule has 3 rings (SSSR count). The van der Waals surface area contributed by atoms with Crippen LogP contribution in [0.1, 0.15) is 23.9 Å². The summed E-state index contributed by atoms with van der Waals surface area (Å²) in [5.74, 6) is 1.09. The Hall–Kier alpha value is -1.51. The molecule has 2 aliphatic rings. The molecule has 3 heterocycles. The third kappa shape index (κ3) is 1.78. The van der Waals surface area contributed by atoms with Crippen molar-refractivity contribution >= 4 is 0 Å². The lowest BCUT2D eigenvalue weighted by Gasteiger charge is -2.33. The van der Waals surface area contributed by atoms with E-state index in [4.69, 9.17) is 4.74 Å². The molecule has 0 N–H and O–H groups in total. The minimum Gasteiger partial charge on any atom is -0.377 e. The largest absolute Gasteiger partial charge is 0.377 e. The van der Waals surface area contributed by atoms with Crippen molar-refractivity contribution in [3.63, 3.8) is 0 Å². The van der Waals surface area contributed by atoms with Crippen LogP contribution in [-0.4, -0.2) is 48.2 Å². The van der Waals surface area contributed by atoms with E-state index in [-0.39, 0.29) is 0 Å². The van der Waals surface area contributed by atoms with Crippen molar-refractivity contribution in [2.24, 2.45) is 0 Å². The summed E-state index contributed by atoms with van der Waals surface area (Å²) in [6.45, 7) is 2.97. The second-order valence-electron chi connectivity index (χ2n) is 5.24. The van der Waals surface area contributed by atoms with E-state index >= 15 is 0 Å². The van der Waals surface area contributed by atoms with Gasteiger partial charge in [0.05, 0.1) is 19.3 Å². The van der Waals surface area contributed by atoms with E-state index in [0.717, 1.165) is 25.2 Å². The van der Waals surface area contributed by atoms with Gasteiger partial charge in [0.15, 0.2) is 11.2 Å². The molecule has 0 aromatic carbocycles. The van der Waals surface area contributed by atoms with Crippen LogP contribution in [0.4, 0.5) is 0 Å². The zero-order valence-electron chi connectivity index (χ0n) is 10.5. The minimum atomic E-state index is -0.611. The highest BCUT2D eigenvalue weighted by molar-refractivity contribution is 5.26. The lowest BCUT2D eigenvalue weighted by Crippen LogP contribution is -2.47. The van der Waals surface area contributed by atoms with Gasteiger partial charge in [0, 0.05) is 24.4 Å². The van der Waals surface area contributed by atoms with Gasteiger partial charge in [0.25, 0.3) is 0 Å². The van der Waals surface area contributed by atoms with Crippen molar-refractivity contribution in [3.8, 4) is 6.07 Å². The Labute approximate surface area is 106 Å². The minimum absolute atomic E-state index is 0.414. The number of nitrogens with zero attached hydrogens (tertiary/aromatic N) is 4. The van der Waals surface area contributed by atoms with Crippen molar-refractivity contribution in [3.05, 3.63) is 23.8 Å². The molecule has 0 spiro atoms. The Kier molecular flexibility index (Phi) is 2.77. The zero-order chi connectivity index (χ0) is 12.6. The summed E-state index contributed by atoms with van der Waals surface area (Å²) in [7, 11) is 2.12. The third-order valence-corrected chi connectivity index (χ3v) is 3.83. The molecule has 1 aromatic heterocycles. The molecule has 2 aliphatic heterocycles. The van der Waals surface area contributed by atoms with Crippen molar-refractivity contribution < 1.29 is 4.74 Å². The molecule has 2 saturated heterocycles. The SMILES string of the molecule is CN1CCC(c2ccnc(C3(C#N)COC3)n2)C1. The first-order valence-corrected chi connectivity index (χ1v) is 6.24. The van der Waals surface area contributed by atoms with Gasteiger partial charge in [0.1, 0.15) is 0 Å². The summed E-state index contributed by atoms with van der Waals surface area (Å²) in [4.78, 5) is 11.2. The van der Waals surface area contributed by atoms with E-state index in [0.29, 0.717) is 25.0 Å². The molecule has 1 aromatic rings. The summed E-state index contributed by atoms with van der Waals surface area (Å²) >= 11 is 0. The maximum atomic E-state index is 9.27. The summed E-state index contributed by atoms with van der Waals surface area (Å²) in [5.41, 5.74) is 0.450. The van der Waals surface area contributed by atoms with Gasteiger partial charge in [-0.3, -0.25) is 0 Å². The highest BCUT2D eigenvalue weighted by Crippen LogP contribution is 2.31. The van der Waals surface area contributed by atoms with Gasteiger partial charge in [-0.05, 0) is 26.1 Å². The molecular formula is C13H16N4O. The van der Waals surface area contributed by atoms with Crippen molar-refractivity contribution in [1.82, 2.24) is 14.9 Å². The number of hydrogen-bond donors (Lipinski definition) is 0. The monoisotopic (exact) mass is 244 g/mol. The average Bonchev–Trinajstić information content (AvgIpc) is 2.76. The Morgan fingerprint density at radius 3 is 2.94 bits per heavy atom. The Morgan fingerprint density at radius 2 is 2.39 bits per heavy atom. The molecule has 0 amide bonds. The summed E-state index contributed by atoms with van der Waals surface area (Å²) in [6, 6.07) is 4.27. The van der Waals surface area contributed by atoms with Gasteiger partial charge >= 0.3 is 0 Å². The van der Waals surface area contributed by atoms with E-state index in [9.17, 15) is 5.26 Å². The van der Waals surface area contributed by atoms with Gasteiger partial charge in [-0.15, -0.1) is 0 Å². The normalized spacial score (nSPS) is 26.6. The summed E-state index contributed by atoms with van der Waals surface area (Å²) < 4.78 is 5.16. The van der Waals surface area contributed by atoms with Crippen molar-refractivity contribution in [2.45, 2.75) is 17.8 Å². The molecule has 0 aliphatic carbocycles. The molecule has 18 heavy (non-hydrogen) atoms. The molecule has 0 saturated carbocycles. The fraction of sp³-hybridized carbons (Fsp3) is 0.615. The van der Waals surface area contributed by atoms with E-state index in [1.165, 1.54) is 0 Å². The molecule has 0 radical (unpaired) electrons. The Morgan fingerprint density at radius 1 is 1.56 bits per heavy atom. The second kappa shape index (κ2) is 4.30. The second-order valence-corrected chi connectivity index (χ2v) is 5.24. The lowest BCUT2D eigenvalue weighted by molar-refractivity contribution is -0.0340. The number of likely N-dealkylation sites (N-methyl/N-ethyl adjacent to an activating group) is 1. The van der Waals surface area contributed by atoms with Crippen molar-refractivity contribution in [2.75, 3.05) is 33.4 Å². The quantitative estimate of drug-likeness (QED) is 0.766. The van der Waals surface area contributed by atoms with Crippen molar-refractivity contribution in [1.29, 1.82) is 5.26 Å². The number of ether oxygens (including phenoxy) is 1. The number of aromatic nitrogens is 2. The van der Waals surface area contributed by atoms with Gasteiger partial charge in [0.2, 0.25) is 0 Å². The van der Waals surface area contributed by atoms with Crippen LogP contribution in [0.3, 0.4) is 0 Å².